The molecule has 1 aromatic rings. The lowest BCUT2D eigenvalue weighted by Crippen LogP contribution is -2.20. The zero-order valence-electron chi connectivity index (χ0n) is 10.9. The number of carbonyl (C=O) groups is 2. The molecular formula is C14H17NO2S. The molecule has 0 saturated carbocycles. The van der Waals surface area contributed by atoms with Crippen LogP contribution in [0.25, 0.3) is 0 Å². The Balaban J connectivity index is 2.37. The quantitative estimate of drug-likeness (QED) is 0.790. The molecule has 0 aromatic heterocycles. The molecule has 3 nitrogen and oxygen atoms in total. The topological polar surface area (TPSA) is 46.2 Å². The van der Waals surface area contributed by atoms with E-state index >= 15 is 0 Å². The molecule has 4 heteroatoms. The summed E-state index contributed by atoms with van der Waals surface area (Å²) in [5.41, 5.74) is 1.01. The third-order valence-corrected chi connectivity index (χ3v) is 3.86. The van der Waals surface area contributed by atoms with Gasteiger partial charge < -0.3 is 5.32 Å². The smallest absolute Gasteiger partial charge is 0.225 e. The summed E-state index contributed by atoms with van der Waals surface area (Å²) in [6.07, 6.45) is 0.516. The van der Waals surface area contributed by atoms with Crippen molar-refractivity contribution < 1.29 is 9.59 Å². The van der Waals surface area contributed by atoms with Crippen LogP contribution in [0.1, 0.15) is 37.6 Å². The second-order valence-corrected chi connectivity index (χ2v) is 6.57. The first-order valence-electron chi connectivity index (χ1n) is 5.99. The van der Waals surface area contributed by atoms with Gasteiger partial charge in [0.15, 0.2) is 5.78 Å². The molecule has 0 spiro atoms. The number of ketones is 1. The van der Waals surface area contributed by atoms with Gasteiger partial charge in [-0.2, -0.15) is 0 Å². The maximum absolute atomic E-state index is 12.2. The van der Waals surface area contributed by atoms with Gasteiger partial charge in [0.1, 0.15) is 0 Å². The Labute approximate surface area is 111 Å². The Morgan fingerprint density at radius 3 is 2.72 bits per heavy atom. The summed E-state index contributed by atoms with van der Waals surface area (Å²) in [5, 5.41) is 2.86. The number of hydrogen-bond donors (Lipinski definition) is 1. The van der Waals surface area contributed by atoms with Gasteiger partial charge in [-0.3, -0.25) is 9.59 Å². The molecule has 96 valence electrons. The summed E-state index contributed by atoms with van der Waals surface area (Å²) < 4.78 is 0. The number of hydrogen-bond acceptors (Lipinski definition) is 3. The Morgan fingerprint density at radius 1 is 1.33 bits per heavy atom. The van der Waals surface area contributed by atoms with Crippen LogP contribution >= 0.6 is 11.8 Å². The van der Waals surface area contributed by atoms with E-state index in [-0.39, 0.29) is 11.7 Å². The predicted molar refractivity (Wildman–Crippen MR) is 74.2 cm³/mol. The van der Waals surface area contributed by atoms with Gasteiger partial charge >= 0.3 is 0 Å². The van der Waals surface area contributed by atoms with Crippen LogP contribution < -0.4 is 5.32 Å². The average Bonchev–Trinajstić information content (AvgIpc) is 2.46. The third-order valence-electron chi connectivity index (χ3n) is 2.78. The zero-order valence-corrected chi connectivity index (χ0v) is 11.7. The number of nitrogens with one attached hydrogen (secondary N) is 1. The summed E-state index contributed by atoms with van der Waals surface area (Å²) in [5.74, 6) is 0.890. The second kappa shape index (κ2) is 4.76. The normalized spacial score (nSPS) is 15.6. The van der Waals surface area contributed by atoms with Crippen molar-refractivity contribution >= 4 is 29.1 Å². The molecule has 2 rings (SSSR count). The van der Waals surface area contributed by atoms with Crippen molar-refractivity contribution in [2.45, 2.75) is 32.1 Å². The minimum Gasteiger partial charge on any atom is -0.325 e. The molecule has 0 unspecified atom stereocenters. The van der Waals surface area contributed by atoms with Crippen molar-refractivity contribution in [3.8, 4) is 0 Å². The molecule has 0 aliphatic carbocycles. The summed E-state index contributed by atoms with van der Waals surface area (Å²) in [7, 11) is 0. The third kappa shape index (κ3) is 2.75. The standard InChI is InChI=1S/C14H17NO2S/c1-14(2,3)13(17)9-4-5-11-10(8-9)15-12(16)6-7-18-11/h4-5,8H,6-7H2,1-3H3,(H,15,16). The molecule has 1 N–H and O–H groups in total. The molecule has 0 bridgehead atoms. The highest BCUT2D eigenvalue weighted by atomic mass is 32.2. The average molecular weight is 263 g/mol. The van der Waals surface area contributed by atoms with E-state index in [9.17, 15) is 9.59 Å². The Morgan fingerprint density at radius 2 is 2.06 bits per heavy atom. The number of thioether (sulfide) groups is 1. The Kier molecular flexibility index (Phi) is 3.48. The molecule has 1 aliphatic rings. The number of carbonyl (C=O) groups excluding carboxylic acids is 2. The first-order valence-corrected chi connectivity index (χ1v) is 6.98. The summed E-state index contributed by atoms with van der Waals surface area (Å²) in [4.78, 5) is 24.7. The van der Waals surface area contributed by atoms with Crippen LogP contribution in [-0.4, -0.2) is 17.4 Å². The van der Waals surface area contributed by atoms with E-state index < -0.39 is 5.41 Å². The SMILES string of the molecule is CC(C)(C)C(=O)c1ccc2c(c1)NC(=O)CCS2. The van der Waals surface area contributed by atoms with Crippen LogP contribution in [0, 0.1) is 5.41 Å². The van der Waals surface area contributed by atoms with Gasteiger partial charge in [0.2, 0.25) is 5.91 Å². The lowest BCUT2D eigenvalue weighted by molar-refractivity contribution is -0.115. The van der Waals surface area contributed by atoms with Crippen LogP contribution in [0.2, 0.25) is 0 Å². The number of Topliss-reactive ketones (excluding diaryl/α,β-unsaturated/α-hetero) is 1. The molecule has 0 radical (unpaired) electrons. The van der Waals surface area contributed by atoms with E-state index in [4.69, 9.17) is 0 Å². The molecule has 18 heavy (non-hydrogen) atoms. The highest BCUT2D eigenvalue weighted by molar-refractivity contribution is 7.99. The van der Waals surface area contributed by atoms with E-state index in [1.54, 1.807) is 17.8 Å². The predicted octanol–water partition coefficient (Wildman–Crippen LogP) is 3.35. The van der Waals surface area contributed by atoms with E-state index in [2.05, 4.69) is 5.32 Å². The second-order valence-electron chi connectivity index (χ2n) is 5.44. The van der Waals surface area contributed by atoms with Crippen LogP contribution in [0.5, 0.6) is 0 Å². The number of anilines is 1. The summed E-state index contributed by atoms with van der Waals surface area (Å²) >= 11 is 1.65. The van der Waals surface area contributed by atoms with Gasteiger partial charge in [0.05, 0.1) is 5.69 Å². The first kappa shape index (κ1) is 13.1. The van der Waals surface area contributed by atoms with Crippen molar-refractivity contribution in [3.63, 3.8) is 0 Å². The van der Waals surface area contributed by atoms with Gasteiger partial charge in [0, 0.05) is 28.0 Å². The minimum atomic E-state index is -0.407. The zero-order chi connectivity index (χ0) is 13.3. The molecule has 1 amide bonds. The molecule has 0 saturated heterocycles. The molecule has 1 aromatic carbocycles. The van der Waals surface area contributed by atoms with Crippen molar-refractivity contribution in [1.82, 2.24) is 0 Å². The lowest BCUT2D eigenvalue weighted by Gasteiger charge is -2.17. The maximum atomic E-state index is 12.2. The highest BCUT2D eigenvalue weighted by Gasteiger charge is 2.24. The van der Waals surface area contributed by atoms with E-state index in [1.807, 2.05) is 32.9 Å². The van der Waals surface area contributed by atoms with Crippen molar-refractivity contribution in [2.75, 3.05) is 11.1 Å². The van der Waals surface area contributed by atoms with Gasteiger partial charge in [-0.25, -0.2) is 0 Å². The van der Waals surface area contributed by atoms with E-state index in [0.717, 1.165) is 16.3 Å². The fourth-order valence-corrected chi connectivity index (χ4v) is 2.73. The van der Waals surface area contributed by atoms with Crippen LogP contribution in [0.15, 0.2) is 23.1 Å². The van der Waals surface area contributed by atoms with Gasteiger partial charge in [0.25, 0.3) is 0 Å². The van der Waals surface area contributed by atoms with Crippen molar-refractivity contribution in [3.05, 3.63) is 23.8 Å². The van der Waals surface area contributed by atoms with Gasteiger partial charge in [-0.15, -0.1) is 11.8 Å². The lowest BCUT2D eigenvalue weighted by atomic mass is 9.86. The van der Waals surface area contributed by atoms with Crippen LogP contribution in [0.3, 0.4) is 0 Å². The molecule has 1 aliphatic heterocycles. The number of rotatable bonds is 1. The molecule has 0 atom stereocenters. The van der Waals surface area contributed by atoms with Crippen molar-refractivity contribution in [2.24, 2.45) is 5.41 Å². The minimum absolute atomic E-state index is 0.0154. The highest BCUT2D eigenvalue weighted by Crippen LogP contribution is 2.33. The van der Waals surface area contributed by atoms with Crippen LogP contribution in [0.4, 0.5) is 5.69 Å². The van der Waals surface area contributed by atoms with Crippen LogP contribution in [-0.2, 0) is 4.79 Å². The number of benzene rings is 1. The Hall–Kier alpha value is -1.29. The maximum Gasteiger partial charge on any atom is 0.225 e. The molecule has 0 fully saturated rings. The number of amides is 1. The fourth-order valence-electron chi connectivity index (χ4n) is 1.79. The summed E-state index contributed by atoms with van der Waals surface area (Å²) in [6.45, 7) is 5.69. The summed E-state index contributed by atoms with van der Waals surface area (Å²) in [6, 6.07) is 5.56. The van der Waals surface area contributed by atoms with Gasteiger partial charge in [-0.05, 0) is 12.1 Å². The van der Waals surface area contributed by atoms with E-state index in [0.29, 0.717) is 12.0 Å². The Bertz CT molecular complexity index is 503. The van der Waals surface area contributed by atoms with Gasteiger partial charge in [-0.1, -0.05) is 26.8 Å². The largest absolute Gasteiger partial charge is 0.325 e. The molecular weight excluding hydrogens is 246 g/mol. The first-order chi connectivity index (χ1) is 8.38. The van der Waals surface area contributed by atoms with Crippen molar-refractivity contribution in [1.29, 1.82) is 0 Å². The fraction of sp³-hybridized carbons (Fsp3) is 0.429. The number of fused-ring (bicyclic) bond motifs is 1. The monoisotopic (exact) mass is 263 g/mol. The van der Waals surface area contributed by atoms with E-state index in [1.165, 1.54) is 0 Å². The molecule has 1 heterocycles.